The second kappa shape index (κ2) is 9.57. The Morgan fingerprint density at radius 2 is 1.86 bits per heavy atom. The minimum atomic E-state index is -0.462. The number of carbonyl (C=O) groups excluding carboxylic acids is 2. The maximum atomic E-state index is 12.4. The molecule has 1 aliphatic rings. The van der Waals surface area contributed by atoms with Crippen molar-refractivity contribution < 1.29 is 19.1 Å². The molecule has 2 aromatic rings. The molecule has 0 fully saturated rings. The molecule has 0 spiro atoms. The molecule has 1 amide bonds. The molecule has 28 heavy (non-hydrogen) atoms. The fraction of sp³-hybridized carbons (Fsp3) is 0.333. The van der Waals surface area contributed by atoms with Gasteiger partial charge in [-0.2, -0.15) is 0 Å². The summed E-state index contributed by atoms with van der Waals surface area (Å²) in [6, 6.07) is 14.5. The summed E-state index contributed by atoms with van der Waals surface area (Å²) < 4.78 is 10.5. The van der Waals surface area contributed by atoms with Crippen LogP contribution in [0.25, 0.3) is 0 Å². The molecule has 1 heterocycles. The van der Waals surface area contributed by atoms with Gasteiger partial charge < -0.3 is 14.8 Å². The first-order chi connectivity index (χ1) is 13.6. The Hall–Kier alpha value is -2.57. The highest BCUT2D eigenvalue weighted by molar-refractivity contribution is 6.30. The molecule has 6 nitrogen and oxygen atoms in total. The number of carbonyl (C=O) groups is 2. The third-order valence-corrected chi connectivity index (χ3v) is 4.92. The number of ether oxygens (including phenoxy) is 2. The molecule has 1 N–H and O–H groups in total. The lowest BCUT2D eigenvalue weighted by atomic mass is 9.94. The number of hydrogen-bond acceptors (Lipinski definition) is 5. The van der Waals surface area contributed by atoms with Crippen molar-refractivity contribution in [3.63, 3.8) is 0 Å². The van der Waals surface area contributed by atoms with Gasteiger partial charge in [0.15, 0.2) is 0 Å². The summed E-state index contributed by atoms with van der Waals surface area (Å²) in [6.45, 7) is 1.37. The van der Waals surface area contributed by atoms with Gasteiger partial charge in [0.05, 0.1) is 20.2 Å². The Morgan fingerprint density at radius 1 is 1.14 bits per heavy atom. The van der Waals surface area contributed by atoms with E-state index in [1.807, 2.05) is 29.2 Å². The molecule has 2 aromatic carbocycles. The molecular weight excluding hydrogens is 380 g/mol. The maximum absolute atomic E-state index is 12.4. The minimum absolute atomic E-state index is 0.120. The summed E-state index contributed by atoms with van der Waals surface area (Å²) in [5.41, 5.74) is 2.24. The predicted octanol–water partition coefficient (Wildman–Crippen LogP) is 2.43. The number of nitrogens with one attached hydrogen (secondary N) is 1. The molecule has 1 atom stereocenters. The van der Waals surface area contributed by atoms with Crippen LogP contribution in [0.1, 0.15) is 11.1 Å². The van der Waals surface area contributed by atoms with Crippen molar-refractivity contribution in [1.82, 2.24) is 10.2 Å². The van der Waals surface area contributed by atoms with Gasteiger partial charge in [-0.3, -0.25) is 14.5 Å². The lowest BCUT2D eigenvalue weighted by Crippen LogP contribution is -2.50. The van der Waals surface area contributed by atoms with Gasteiger partial charge in [-0.05, 0) is 41.8 Å². The average Bonchev–Trinajstić information content (AvgIpc) is 2.71. The van der Waals surface area contributed by atoms with Crippen LogP contribution in [0.2, 0.25) is 5.02 Å². The Bertz CT molecular complexity index is 825. The minimum Gasteiger partial charge on any atom is -0.492 e. The largest absolute Gasteiger partial charge is 0.492 e. The van der Waals surface area contributed by atoms with E-state index < -0.39 is 6.04 Å². The Balaban J connectivity index is 1.51. The summed E-state index contributed by atoms with van der Waals surface area (Å²) in [7, 11) is 1.37. The lowest BCUT2D eigenvalue weighted by molar-refractivity contribution is -0.148. The number of nitrogens with zero attached hydrogens (tertiary/aromatic N) is 1. The van der Waals surface area contributed by atoms with Crippen molar-refractivity contribution in [2.24, 2.45) is 0 Å². The molecule has 1 aliphatic heterocycles. The topological polar surface area (TPSA) is 67.9 Å². The molecule has 0 bridgehead atoms. The van der Waals surface area contributed by atoms with Gasteiger partial charge >= 0.3 is 5.97 Å². The van der Waals surface area contributed by atoms with Crippen molar-refractivity contribution in [1.29, 1.82) is 0 Å². The molecule has 0 aromatic heterocycles. The molecule has 0 unspecified atom stereocenters. The van der Waals surface area contributed by atoms with E-state index in [9.17, 15) is 9.59 Å². The first-order valence-corrected chi connectivity index (χ1v) is 9.48. The number of amides is 1. The first-order valence-electron chi connectivity index (χ1n) is 9.10. The zero-order chi connectivity index (χ0) is 19.9. The van der Waals surface area contributed by atoms with Crippen LogP contribution in [0.4, 0.5) is 0 Å². The third kappa shape index (κ3) is 5.24. The van der Waals surface area contributed by atoms with Crippen molar-refractivity contribution in [2.75, 3.05) is 26.8 Å². The SMILES string of the molecule is COC(=O)[C@H]1Cc2ccccc2CN1CC(=O)NCCOc1ccc(Cl)cc1. The monoisotopic (exact) mass is 402 g/mol. The Labute approximate surface area is 169 Å². The van der Waals surface area contributed by atoms with E-state index in [2.05, 4.69) is 5.32 Å². The number of esters is 1. The van der Waals surface area contributed by atoms with E-state index in [0.29, 0.717) is 36.9 Å². The highest BCUT2D eigenvalue weighted by Crippen LogP contribution is 2.23. The summed E-state index contributed by atoms with van der Waals surface area (Å²) in [5, 5.41) is 3.47. The van der Waals surface area contributed by atoms with Crippen molar-refractivity contribution in [2.45, 2.75) is 19.0 Å². The predicted molar refractivity (Wildman–Crippen MR) is 106 cm³/mol. The van der Waals surface area contributed by atoms with Gasteiger partial charge in [-0.1, -0.05) is 35.9 Å². The van der Waals surface area contributed by atoms with Gasteiger partial charge in [0.1, 0.15) is 18.4 Å². The van der Waals surface area contributed by atoms with Crippen LogP contribution in [0.15, 0.2) is 48.5 Å². The quantitative estimate of drug-likeness (QED) is 0.569. The maximum Gasteiger partial charge on any atom is 0.323 e. The number of benzene rings is 2. The number of rotatable bonds is 7. The molecule has 0 aliphatic carbocycles. The van der Waals surface area contributed by atoms with Gasteiger partial charge in [-0.25, -0.2) is 0 Å². The summed E-state index contributed by atoms with van der Waals surface area (Å²) in [4.78, 5) is 26.4. The lowest BCUT2D eigenvalue weighted by Gasteiger charge is -2.34. The van der Waals surface area contributed by atoms with Gasteiger partial charge in [0, 0.05) is 11.6 Å². The van der Waals surface area contributed by atoms with Crippen LogP contribution < -0.4 is 10.1 Å². The van der Waals surface area contributed by atoms with E-state index in [-0.39, 0.29) is 18.4 Å². The van der Waals surface area contributed by atoms with Crippen molar-refractivity contribution >= 4 is 23.5 Å². The second-order valence-electron chi connectivity index (χ2n) is 6.57. The summed E-state index contributed by atoms with van der Waals surface area (Å²) in [6.07, 6.45) is 0.538. The fourth-order valence-corrected chi connectivity index (χ4v) is 3.37. The van der Waals surface area contributed by atoms with Crippen LogP contribution in [0.5, 0.6) is 5.75 Å². The van der Waals surface area contributed by atoms with Crippen LogP contribution in [-0.2, 0) is 27.3 Å². The second-order valence-corrected chi connectivity index (χ2v) is 7.01. The van der Waals surface area contributed by atoms with Gasteiger partial charge in [0.25, 0.3) is 0 Å². The molecule has 0 saturated heterocycles. The zero-order valence-corrected chi connectivity index (χ0v) is 16.4. The van der Waals surface area contributed by atoms with Crippen LogP contribution >= 0.6 is 11.6 Å². The molecule has 148 valence electrons. The average molecular weight is 403 g/mol. The van der Waals surface area contributed by atoms with Crippen molar-refractivity contribution in [3.05, 3.63) is 64.7 Å². The Kier molecular flexibility index (Phi) is 6.90. The third-order valence-electron chi connectivity index (χ3n) is 4.67. The van der Waals surface area contributed by atoms with Crippen LogP contribution in [0, 0.1) is 0 Å². The van der Waals surface area contributed by atoms with Gasteiger partial charge in [0.2, 0.25) is 5.91 Å². The molecule has 0 saturated carbocycles. The number of fused-ring (bicyclic) bond motifs is 1. The normalized spacial score (nSPS) is 16.1. The fourth-order valence-electron chi connectivity index (χ4n) is 3.24. The highest BCUT2D eigenvalue weighted by Gasteiger charge is 2.33. The van der Waals surface area contributed by atoms with E-state index in [0.717, 1.165) is 11.1 Å². The highest BCUT2D eigenvalue weighted by atomic mass is 35.5. The molecule has 0 radical (unpaired) electrons. The van der Waals surface area contributed by atoms with Crippen LogP contribution in [0.3, 0.4) is 0 Å². The van der Waals surface area contributed by atoms with E-state index >= 15 is 0 Å². The number of halogens is 1. The van der Waals surface area contributed by atoms with Crippen LogP contribution in [-0.4, -0.2) is 49.6 Å². The number of hydrogen-bond donors (Lipinski definition) is 1. The number of methoxy groups -OCH3 is 1. The van der Waals surface area contributed by atoms with E-state index in [1.54, 1.807) is 24.3 Å². The zero-order valence-electron chi connectivity index (χ0n) is 15.7. The van der Waals surface area contributed by atoms with E-state index in [1.165, 1.54) is 7.11 Å². The molecule has 3 rings (SSSR count). The first kappa shape index (κ1) is 20.2. The smallest absolute Gasteiger partial charge is 0.323 e. The molecular formula is C21H23ClN2O4. The Morgan fingerprint density at radius 3 is 2.57 bits per heavy atom. The van der Waals surface area contributed by atoms with E-state index in [4.69, 9.17) is 21.1 Å². The van der Waals surface area contributed by atoms with Crippen molar-refractivity contribution in [3.8, 4) is 5.75 Å². The standard InChI is InChI=1S/C21H23ClN2O4/c1-27-21(26)19-12-15-4-2-3-5-16(15)13-24(19)14-20(25)23-10-11-28-18-8-6-17(22)7-9-18/h2-9,19H,10-14H2,1H3,(H,23,25)/t19-/m1/s1. The van der Waals surface area contributed by atoms with Gasteiger partial charge in [-0.15, -0.1) is 0 Å². The summed E-state index contributed by atoms with van der Waals surface area (Å²) in [5.74, 6) is 0.207. The molecule has 7 heteroatoms. The summed E-state index contributed by atoms with van der Waals surface area (Å²) >= 11 is 5.83.